The minimum absolute atomic E-state index is 0.162. The highest BCUT2D eigenvalue weighted by Crippen LogP contribution is 2.18. The second kappa shape index (κ2) is 6.12. The maximum Gasteiger partial charge on any atom is 0.363 e. The van der Waals surface area contributed by atoms with Crippen LogP contribution in [0.15, 0.2) is 59.2 Å². The van der Waals surface area contributed by atoms with E-state index in [4.69, 9.17) is 16.3 Å². The Hall–Kier alpha value is -2.46. The van der Waals surface area contributed by atoms with Crippen molar-refractivity contribution in [2.24, 2.45) is 4.99 Å². The largest absolute Gasteiger partial charge is 0.406 e. The lowest BCUT2D eigenvalue weighted by atomic mass is 10.1. The molecule has 0 spiro atoms. The van der Waals surface area contributed by atoms with Gasteiger partial charge in [0.2, 0.25) is 5.90 Å². The summed E-state index contributed by atoms with van der Waals surface area (Å²) in [6.45, 7) is 0. The van der Waals surface area contributed by atoms with Crippen LogP contribution in [0.1, 0.15) is 11.1 Å². The minimum atomic E-state index is -0.534. The molecule has 3 rings (SSSR count). The third-order valence-electron chi connectivity index (χ3n) is 3.09. The topological polar surface area (TPSA) is 38.7 Å². The zero-order valence-corrected chi connectivity index (χ0v) is 12.2. The third-order valence-corrected chi connectivity index (χ3v) is 3.34. The van der Waals surface area contributed by atoms with Gasteiger partial charge in [0.1, 0.15) is 5.82 Å². The second-order valence-electron chi connectivity index (χ2n) is 4.78. The first-order chi connectivity index (χ1) is 10.6. The predicted octanol–water partition coefficient (Wildman–Crippen LogP) is 4.02. The van der Waals surface area contributed by atoms with Crippen molar-refractivity contribution in [3.63, 3.8) is 0 Å². The van der Waals surface area contributed by atoms with E-state index in [1.165, 1.54) is 18.2 Å². The molecule has 3 nitrogen and oxygen atoms in total. The number of esters is 1. The van der Waals surface area contributed by atoms with E-state index in [9.17, 15) is 9.18 Å². The molecule has 110 valence electrons. The molecule has 0 saturated carbocycles. The average Bonchev–Trinajstić information content (AvgIpc) is 2.81. The zero-order valence-electron chi connectivity index (χ0n) is 11.4. The molecule has 0 unspecified atom stereocenters. The standard InChI is InChI=1S/C17H11ClFNO2/c18-13-6-4-11(5-7-13)10-16-20-15(17(21)22-16)9-12-2-1-3-14(19)8-12/h1-9H,10H2/b15-9+. The minimum Gasteiger partial charge on any atom is -0.406 e. The molecular weight excluding hydrogens is 305 g/mol. The molecule has 0 aliphatic carbocycles. The Morgan fingerprint density at radius 3 is 2.68 bits per heavy atom. The van der Waals surface area contributed by atoms with Crippen molar-refractivity contribution < 1.29 is 13.9 Å². The first-order valence-electron chi connectivity index (χ1n) is 6.61. The summed E-state index contributed by atoms with van der Waals surface area (Å²) in [5.74, 6) is -0.589. The molecule has 1 aliphatic heterocycles. The number of halogens is 2. The van der Waals surface area contributed by atoms with Gasteiger partial charge in [0.15, 0.2) is 5.70 Å². The van der Waals surface area contributed by atoms with Crippen molar-refractivity contribution in [3.8, 4) is 0 Å². The maximum absolute atomic E-state index is 13.1. The molecule has 0 radical (unpaired) electrons. The van der Waals surface area contributed by atoms with Crippen LogP contribution in [-0.2, 0) is 16.0 Å². The lowest BCUT2D eigenvalue weighted by Gasteiger charge is -1.99. The first-order valence-corrected chi connectivity index (χ1v) is 6.99. The Morgan fingerprint density at radius 1 is 1.18 bits per heavy atom. The van der Waals surface area contributed by atoms with Gasteiger partial charge in [0, 0.05) is 11.4 Å². The van der Waals surface area contributed by atoms with Gasteiger partial charge in [0.05, 0.1) is 0 Å². The molecular formula is C17H11ClFNO2. The molecule has 5 heteroatoms. The van der Waals surface area contributed by atoms with Crippen molar-refractivity contribution >= 4 is 29.5 Å². The fourth-order valence-electron chi connectivity index (χ4n) is 2.06. The summed E-state index contributed by atoms with van der Waals surface area (Å²) in [5, 5.41) is 0.640. The van der Waals surface area contributed by atoms with Crippen LogP contribution in [0.4, 0.5) is 4.39 Å². The number of hydrogen-bond acceptors (Lipinski definition) is 3. The van der Waals surface area contributed by atoms with Crippen LogP contribution in [0.25, 0.3) is 6.08 Å². The Labute approximate surface area is 131 Å². The normalized spacial score (nSPS) is 15.8. The van der Waals surface area contributed by atoms with Crippen molar-refractivity contribution in [1.82, 2.24) is 0 Å². The van der Waals surface area contributed by atoms with Crippen molar-refractivity contribution in [2.45, 2.75) is 6.42 Å². The van der Waals surface area contributed by atoms with E-state index in [1.807, 2.05) is 12.1 Å². The molecule has 1 aliphatic rings. The SMILES string of the molecule is O=C1OC(Cc2ccc(Cl)cc2)=N/C1=C/c1cccc(F)c1. The molecule has 2 aromatic rings. The van der Waals surface area contributed by atoms with Crippen LogP contribution in [0.3, 0.4) is 0 Å². The van der Waals surface area contributed by atoms with Gasteiger partial charge in [-0.05, 0) is 41.5 Å². The molecule has 0 aromatic heterocycles. The molecule has 22 heavy (non-hydrogen) atoms. The predicted molar refractivity (Wildman–Crippen MR) is 83.1 cm³/mol. The van der Waals surface area contributed by atoms with Gasteiger partial charge in [-0.1, -0.05) is 35.9 Å². The van der Waals surface area contributed by atoms with E-state index in [0.29, 0.717) is 22.9 Å². The summed E-state index contributed by atoms with van der Waals surface area (Å²) in [6, 6.07) is 13.1. The number of aliphatic imine (C=N–C) groups is 1. The molecule has 0 saturated heterocycles. The lowest BCUT2D eigenvalue weighted by molar-refractivity contribution is -0.130. The van der Waals surface area contributed by atoms with Crippen molar-refractivity contribution in [1.29, 1.82) is 0 Å². The van der Waals surface area contributed by atoms with Gasteiger partial charge in [-0.3, -0.25) is 0 Å². The summed E-state index contributed by atoms with van der Waals surface area (Å²) in [4.78, 5) is 16.0. The number of nitrogens with zero attached hydrogens (tertiary/aromatic N) is 1. The highest BCUT2D eigenvalue weighted by Gasteiger charge is 2.22. The van der Waals surface area contributed by atoms with Crippen molar-refractivity contribution in [3.05, 3.63) is 76.2 Å². The zero-order chi connectivity index (χ0) is 15.5. The van der Waals surface area contributed by atoms with Gasteiger partial charge in [-0.2, -0.15) is 0 Å². The number of carbonyl (C=O) groups is 1. The van der Waals surface area contributed by atoms with Crippen molar-refractivity contribution in [2.75, 3.05) is 0 Å². The molecule has 0 fully saturated rings. The first kappa shape index (κ1) is 14.5. The van der Waals surface area contributed by atoms with Crippen LogP contribution in [0.5, 0.6) is 0 Å². The molecule has 0 bridgehead atoms. The quantitative estimate of drug-likeness (QED) is 0.634. The number of benzene rings is 2. The van der Waals surface area contributed by atoms with E-state index in [2.05, 4.69) is 4.99 Å². The summed E-state index contributed by atoms with van der Waals surface area (Å²) in [7, 11) is 0. The molecule has 2 aromatic carbocycles. The van der Waals surface area contributed by atoms with Crippen LogP contribution in [-0.4, -0.2) is 11.9 Å². The number of cyclic esters (lactones) is 1. The second-order valence-corrected chi connectivity index (χ2v) is 5.22. The lowest BCUT2D eigenvalue weighted by Crippen LogP contribution is -2.06. The number of carbonyl (C=O) groups excluding carboxylic acids is 1. The smallest absolute Gasteiger partial charge is 0.363 e. The Bertz CT molecular complexity index is 782. The van der Waals surface area contributed by atoms with Gasteiger partial charge in [-0.25, -0.2) is 14.2 Å². The van der Waals surface area contributed by atoms with Crippen LogP contribution >= 0.6 is 11.6 Å². The monoisotopic (exact) mass is 315 g/mol. The van der Waals surface area contributed by atoms with E-state index in [1.54, 1.807) is 24.3 Å². The van der Waals surface area contributed by atoms with Gasteiger partial charge < -0.3 is 4.74 Å². The fourth-order valence-corrected chi connectivity index (χ4v) is 2.19. The summed E-state index contributed by atoms with van der Waals surface area (Å²) in [5.41, 5.74) is 1.65. The molecule has 0 amide bonds. The van der Waals surface area contributed by atoms with E-state index < -0.39 is 5.97 Å². The third kappa shape index (κ3) is 3.40. The van der Waals surface area contributed by atoms with E-state index in [0.717, 1.165) is 5.56 Å². The van der Waals surface area contributed by atoms with Gasteiger partial charge >= 0.3 is 5.97 Å². The highest BCUT2D eigenvalue weighted by atomic mass is 35.5. The Morgan fingerprint density at radius 2 is 1.95 bits per heavy atom. The number of rotatable bonds is 3. The fraction of sp³-hybridized carbons (Fsp3) is 0.0588. The Kier molecular flexibility index (Phi) is 4.02. The Balaban J connectivity index is 1.80. The maximum atomic E-state index is 13.1. The summed E-state index contributed by atoms with van der Waals surface area (Å²) < 4.78 is 18.3. The molecule has 0 atom stereocenters. The average molecular weight is 316 g/mol. The van der Waals surface area contributed by atoms with Gasteiger partial charge in [-0.15, -0.1) is 0 Å². The van der Waals surface area contributed by atoms with Gasteiger partial charge in [0.25, 0.3) is 0 Å². The number of ether oxygens (including phenoxy) is 1. The highest BCUT2D eigenvalue weighted by molar-refractivity contribution is 6.30. The van der Waals surface area contributed by atoms with E-state index >= 15 is 0 Å². The number of hydrogen-bond donors (Lipinski definition) is 0. The summed E-state index contributed by atoms with van der Waals surface area (Å²) in [6.07, 6.45) is 1.89. The van der Waals surface area contributed by atoms with Crippen LogP contribution in [0, 0.1) is 5.82 Å². The van der Waals surface area contributed by atoms with Crippen LogP contribution < -0.4 is 0 Å². The molecule has 1 heterocycles. The van der Waals surface area contributed by atoms with Crippen LogP contribution in [0.2, 0.25) is 5.02 Å². The molecule has 0 N–H and O–H groups in total. The summed E-state index contributed by atoms with van der Waals surface area (Å²) >= 11 is 5.82. The van der Waals surface area contributed by atoms with E-state index in [-0.39, 0.29) is 11.5 Å².